The molecule has 3 N–H and O–H groups in total. The number of aromatic nitrogens is 1. The summed E-state index contributed by atoms with van der Waals surface area (Å²) in [5.41, 5.74) is 12.7. The third-order valence-corrected chi connectivity index (χ3v) is 13.0. The second kappa shape index (κ2) is 18.9. The monoisotopic (exact) mass is 919 g/mol. The summed E-state index contributed by atoms with van der Waals surface area (Å²) in [5.74, 6) is 1.18. The molecule has 0 saturated carbocycles. The first-order valence-electron chi connectivity index (χ1n) is 22.9. The van der Waals surface area contributed by atoms with Gasteiger partial charge in [-0.2, -0.15) is 0 Å². The van der Waals surface area contributed by atoms with Crippen molar-refractivity contribution >= 4 is 47.2 Å². The number of nitrogens with two attached hydrogens (primary N) is 1. The number of ether oxygens (including phenoxy) is 5. The van der Waals surface area contributed by atoms with Gasteiger partial charge in [-0.05, 0) is 112 Å². The van der Waals surface area contributed by atoms with Crippen LogP contribution in [0.1, 0.15) is 88.5 Å². The van der Waals surface area contributed by atoms with Crippen molar-refractivity contribution in [3.8, 4) is 23.0 Å². The zero-order valence-corrected chi connectivity index (χ0v) is 39.3. The molecule has 15 nitrogen and oxygen atoms in total. The molecule has 4 aliphatic rings. The van der Waals surface area contributed by atoms with Gasteiger partial charge in [-0.25, -0.2) is 0 Å². The highest BCUT2D eigenvalue weighted by molar-refractivity contribution is 6.04. The highest BCUT2D eigenvalue weighted by Crippen LogP contribution is 2.41. The van der Waals surface area contributed by atoms with Crippen LogP contribution in [-0.4, -0.2) is 90.0 Å². The number of carbonyl (C=O) groups excluding carboxylic acids is 3. The largest absolute Gasteiger partial charge is 0.493 e. The predicted octanol–water partition coefficient (Wildman–Crippen LogP) is 7.93. The number of rotatable bonds is 15. The van der Waals surface area contributed by atoms with Crippen molar-refractivity contribution in [1.82, 2.24) is 14.8 Å². The Bertz CT molecular complexity index is 2840. The Morgan fingerprint density at radius 3 is 1.79 bits per heavy atom. The fourth-order valence-electron chi connectivity index (χ4n) is 8.94. The molecule has 4 aromatic carbocycles. The highest BCUT2D eigenvalue weighted by atomic mass is 16.5. The molecule has 15 heteroatoms. The van der Waals surface area contributed by atoms with Crippen molar-refractivity contribution in [3.05, 3.63) is 130 Å². The maximum atomic E-state index is 14.3. The molecule has 0 aliphatic carbocycles. The number of nitrogens with zero attached hydrogens (tertiary/aromatic N) is 5. The average molecular weight is 920 g/mol. The van der Waals surface area contributed by atoms with Crippen LogP contribution >= 0.6 is 0 Å². The number of fused-ring (bicyclic) bond motifs is 6. The molecular weight excluding hydrogens is 863 g/mol. The van der Waals surface area contributed by atoms with E-state index in [1.54, 1.807) is 36.3 Å². The molecule has 0 unspecified atom stereocenters. The first-order chi connectivity index (χ1) is 32.7. The van der Waals surface area contributed by atoms with Crippen LogP contribution in [0.15, 0.2) is 94.9 Å². The summed E-state index contributed by atoms with van der Waals surface area (Å²) in [5, 5.41) is 3.06. The van der Waals surface area contributed by atoms with Gasteiger partial charge in [0.2, 0.25) is 5.91 Å². The zero-order valence-electron chi connectivity index (χ0n) is 39.3. The maximum Gasteiger partial charge on any atom is 0.257 e. The maximum absolute atomic E-state index is 14.3. The van der Waals surface area contributed by atoms with Crippen molar-refractivity contribution in [1.29, 1.82) is 0 Å². The van der Waals surface area contributed by atoms with Crippen molar-refractivity contribution in [2.24, 2.45) is 21.1 Å². The Morgan fingerprint density at radius 1 is 0.691 bits per heavy atom. The lowest BCUT2D eigenvalue weighted by Crippen LogP contribution is -2.44. The van der Waals surface area contributed by atoms with E-state index >= 15 is 0 Å². The van der Waals surface area contributed by atoms with Gasteiger partial charge in [0, 0.05) is 43.3 Å². The van der Waals surface area contributed by atoms with Gasteiger partial charge in [0.05, 0.1) is 77.8 Å². The molecule has 2 atom stereocenters. The Morgan fingerprint density at radius 2 is 1.24 bits per heavy atom. The van der Waals surface area contributed by atoms with Gasteiger partial charge in [0.25, 0.3) is 11.8 Å². The second-order valence-corrected chi connectivity index (χ2v) is 18.9. The minimum absolute atomic E-state index is 0.0978. The first kappa shape index (κ1) is 46.0. The number of benzene rings is 4. The summed E-state index contributed by atoms with van der Waals surface area (Å²) >= 11 is 0. The standard InChI is InChI=1S/C53H57N7O8/c1-52(2,31-68-53(3,4)16-17-54)51(63)58-36-15-14-33-20-40-26-56-44-24-48(46(65-6)22-42(44)50(62)60(40)28-35(33)18-36)67-30-38-13-9-12-37(57-38)29-66-47-23-43-41(21-45(47)64-5)49(61)59-27-34-11-8-7-10-32(34)19-39(59)25-55-43/h7-15,18,21-26,39-40H,16-17,19-20,27-31,54H2,1-6H3,(H,58,63)/t39-,40-/m0/s1. The lowest BCUT2D eigenvalue weighted by atomic mass is 9.91. The van der Waals surface area contributed by atoms with E-state index in [1.807, 2.05) is 93.6 Å². The smallest absolute Gasteiger partial charge is 0.257 e. The molecule has 9 rings (SSSR count). The quantitative estimate of drug-likeness (QED) is 0.105. The molecular formula is C53H57N7O8. The van der Waals surface area contributed by atoms with Crippen LogP contribution in [0.3, 0.4) is 0 Å². The molecule has 4 aliphatic heterocycles. The number of nitrogens with one attached hydrogen (secondary N) is 1. The third kappa shape index (κ3) is 9.54. The molecule has 3 amide bonds. The Balaban J connectivity index is 0.848. The fraction of sp³-hybridized carbons (Fsp3) is 0.358. The SMILES string of the molecule is COc1cc2c(cc1OCc1cccc(COc3cc4c(cc3OC)C(=O)N3Cc5cc(NC(=O)C(C)(C)COC(C)(C)CCN)ccc5C[C@H]3C=N4)n1)N=C[C@@H]1Cc3ccccc3CN1C2=O. The van der Waals surface area contributed by atoms with Gasteiger partial charge < -0.3 is 44.5 Å². The van der Waals surface area contributed by atoms with Crippen LogP contribution in [0.5, 0.6) is 23.0 Å². The Hall–Kier alpha value is -7.10. The zero-order chi connectivity index (χ0) is 47.7. The van der Waals surface area contributed by atoms with E-state index in [0.717, 1.165) is 16.7 Å². The van der Waals surface area contributed by atoms with Crippen molar-refractivity contribution < 1.29 is 38.1 Å². The van der Waals surface area contributed by atoms with Crippen LogP contribution < -0.4 is 30.0 Å². The van der Waals surface area contributed by atoms with Crippen molar-refractivity contribution in [3.63, 3.8) is 0 Å². The van der Waals surface area contributed by atoms with Gasteiger partial charge in [-0.1, -0.05) is 36.4 Å². The minimum atomic E-state index is -0.794. The number of anilines is 1. The number of pyridine rings is 1. The summed E-state index contributed by atoms with van der Waals surface area (Å²) < 4.78 is 30.1. The summed E-state index contributed by atoms with van der Waals surface area (Å²) in [6.07, 6.45) is 5.61. The van der Waals surface area contributed by atoms with E-state index in [1.165, 1.54) is 12.7 Å². The second-order valence-electron chi connectivity index (χ2n) is 18.9. The number of carbonyl (C=O) groups is 3. The van der Waals surface area contributed by atoms with Gasteiger partial charge in [0.15, 0.2) is 23.0 Å². The molecule has 352 valence electrons. The van der Waals surface area contributed by atoms with Crippen LogP contribution in [0.2, 0.25) is 0 Å². The molecule has 68 heavy (non-hydrogen) atoms. The predicted molar refractivity (Wildman–Crippen MR) is 259 cm³/mol. The van der Waals surface area contributed by atoms with E-state index in [2.05, 4.69) is 17.4 Å². The summed E-state index contributed by atoms with van der Waals surface area (Å²) in [4.78, 5) is 59.5. The number of hydrogen-bond acceptors (Lipinski definition) is 12. The molecule has 0 fully saturated rings. The summed E-state index contributed by atoms with van der Waals surface area (Å²) in [6.45, 7) is 9.45. The number of hydrogen-bond donors (Lipinski definition) is 2. The van der Waals surface area contributed by atoms with Crippen molar-refractivity contribution in [2.75, 3.05) is 32.7 Å². The van der Waals surface area contributed by atoms with Crippen LogP contribution in [0.25, 0.3) is 0 Å². The van der Waals surface area contributed by atoms with Crippen LogP contribution in [-0.2, 0) is 48.7 Å². The first-order valence-corrected chi connectivity index (χ1v) is 22.9. The molecule has 0 radical (unpaired) electrons. The summed E-state index contributed by atoms with van der Waals surface area (Å²) in [6, 6.07) is 26.0. The third-order valence-electron chi connectivity index (χ3n) is 13.0. The van der Waals surface area contributed by atoms with E-state index in [0.29, 0.717) is 101 Å². The Kier molecular flexibility index (Phi) is 12.8. The van der Waals surface area contributed by atoms with Gasteiger partial charge >= 0.3 is 0 Å². The lowest BCUT2D eigenvalue weighted by Gasteiger charge is -2.34. The normalized spacial score (nSPS) is 17.1. The number of aliphatic imine (C=N–C) groups is 2. The van der Waals surface area contributed by atoms with E-state index in [-0.39, 0.29) is 49.6 Å². The molecule has 0 saturated heterocycles. The summed E-state index contributed by atoms with van der Waals surface area (Å²) in [7, 11) is 3.07. The molecule has 0 spiro atoms. The molecule has 5 aromatic rings. The highest BCUT2D eigenvalue weighted by Gasteiger charge is 2.36. The Labute approximate surface area is 396 Å². The fourth-order valence-corrected chi connectivity index (χ4v) is 8.94. The minimum Gasteiger partial charge on any atom is -0.493 e. The molecule has 5 heterocycles. The lowest BCUT2D eigenvalue weighted by molar-refractivity contribution is -0.131. The number of methoxy groups -OCH3 is 2. The van der Waals surface area contributed by atoms with E-state index in [4.69, 9.17) is 44.4 Å². The number of amides is 3. The van der Waals surface area contributed by atoms with Gasteiger partial charge in [0.1, 0.15) is 13.2 Å². The van der Waals surface area contributed by atoms with Crippen LogP contribution in [0.4, 0.5) is 17.1 Å². The van der Waals surface area contributed by atoms with Crippen LogP contribution in [0, 0.1) is 5.41 Å². The topological polar surface area (TPSA) is 180 Å². The van der Waals surface area contributed by atoms with E-state index in [9.17, 15) is 14.4 Å². The van der Waals surface area contributed by atoms with Gasteiger partial charge in [-0.3, -0.25) is 29.4 Å². The molecule has 1 aromatic heterocycles. The molecule has 0 bridgehead atoms. The van der Waals surface area contributed by atoms with E-state index < -0.39 is 11.0 Å². The van der Waals surface area contributed by atoms with Crippen molar-refractivity contribution in [2.45, 2.75) is 90.9 Å². The average Bonchev–Trinajstić information content (AvgIpc) is 3.55. The van der Waals surface area contributed by atoms with Gasteiger partial charge in [-0.15, -0.1) is 0 Å².